The van der Waals surface area contributed by atoms with Crippen LogP contribution in [0.5, 0.6) is 0 Å². The van der Waals surface area contributed by atoms with E-state index in [0.717, 1.165) is 11.1 Å². The van der Waals surface area contributed by atoms with Gasteiger partial charge in [0, 0.05) is 5.56 Å². The van der Waals surface area contributed by atoms with E-state index in [0.29, 0.717) is 0 Å². The van der Waals surface area contributed by atoms with Crippen LogP contribution in [-0.4, -0.2) is 5.97 Å². The fourth-order valence-electron chi connectivity index (χ4n) is 1.61. The summed E-state index contributed by atoms with van der Waals surface area (Å²) in [5.74, 6) is -0.168. The predicted molar refractivity (Wildman–Crippen MR) is 63.8 cm³/mol. The number of carbonyl (C=O) groups is 1. The molecule has 1 aromatic rings. The molecule has 1 atom stereocenters. The topological polar surface area (TPSA) is 26.3 Å². The van der Waals surface area contributed by atoms with Gasteiger partial charge in [0.25, 0.3) is 0 Å². The highest BCUT2D eigenvalue weighted by molar-refractivity contribution is 5.76. The van der Waals surface area contributed by atoms with Gasteiger partial charge in [0.15, 0.2) is 0 Å². The average Bonchev–Trinajstić information content (AvgIpc) is 2.61. The molecule has 2 rings (SSSR count). The Hall–Kier alpha value is -1.57. The first-order valence-corrected chi connectivity index (χ1v) is 5.47. The van der Waals surface area contributed by atoms with Crippen molar-refractivity contribution in [2.75, 3.05) is 0 Å². The normalized spacial score (nSPS) is 18.3. The Kier molecular flexibility index (Phi) is 2.58. The average molecular weight is 216 g/mol. The maximum atomic E-state index is 11.8. The maximum Gasteiger partial charge on any atom is 0.312 e. The molecule has 0 unspecified atom stereocenters. The van der Waals surface area contributed by atoms with E-state index in [1.54, 1.807) is 0 Å². The van der Waals surface area contributed by atoms with E-state index in [1.165, 1.54) is 0 Å². The lowest BCUT2D eigenvalue weighted by Gasteiger charge is -2.20. The van der Waals surface area contributed by atoms with E-state index in [-0.39, 0.29) is 12.1 Å². The lowest BCUT2D eigenvalue weighted by Crippen LogP contribution is -2.24. The van der Waals surface area contributed by atoms with E-state index in [9.17, 15) is 4.79 Å². The van der Waals surface area contributed by atoms with E-state index < -0.39 is 5.41 Å². The van der Waals surface area contributed by atoms with Crippen LogP contribution in [0, 0.1) is 5.41 Å². The van der Waals surface area contributed by atoms with Gasteiger partial charge in [-0.1, -0.05) is 30.3 Å². The van der Waals surface area contributed by atoms with Crippen molar-refractivity contribution in [3.8, 4) is 0 Å². The number of carbonyl (C=O) groups excluding carboxylic acids is 1. The fourth-order valence-corrected chi connectivity index (χ4v) is 1.61. The summed E-state index contributed by atoms with van der Waals surface area (Å²) in [4.78, 5) is 11.8. The Labute approximate surface area is 95.9 Å². The molecule has 2 heteroatoms. The fraction of sp³-hybridized carbons (Fsp3) is 0.357. The van der Waals surface area contributed by atoms with Gasteiger partial charge in [0.05, 0.1) is 5.41 Å². The third kappa shape index (κ3) is 2.01. The number of rotatable bonds is 1. The molecule has 1 aliphatic rings. The first-order chi connectivity index (χ1) is 7.48. The van der Waals surface area contributed by atoms with Crippen LogP contribution >= 0.6 is 0 Å². The van der Waals surface area contributed by atoms with Gasteiger partial charge in [-0.2, -0.15) is 0 Å². The molecular formula is C14H16O2. The predicted octanol–water partition coefficient (Wildman–Crippen LogP) is 3.34. The van der Waals surface area contributed by atoms with Gasteiger partial charge in [0.2, 0.25) is 0 Å². The number of benzene rings is 1. The Morgan fingerprint density at radius 3 is 2.62 bits per heavy atom. The van der Waals surface area contributed by atoms with Gasteiger partial charge < -0.3 is 4.74 Å². The molecule has 0 saturated heterocycles. The summed E-state index contributed by atoms with van der Waals surface area (Å²) in [7, 11) is 0. The third-order valence-corrected chi connectivity index (χ3v) is 2.60. The molecule has 84 valence electrons. The summed E-state index contributed by atoms with van der Waals surface area (Å²) in [6.07, 6.45) is 3.70. The Bertz CT molecular complexity index is 438. The van der Waals surface area contributed by atoms with Crippen molar-refractivity contribution < 1.29 is 9.53 Å². The molecule has 0 fully saturated rings. The van der Waals surface area contributed by atoms with Crippen LogP contribution in [0.15, 0.2) is 30.3 Å². The molecule has 0 aromatic heterocycles. The molecule has 0 amide bonds. The van der Waals surface area contributed by atoms with Crippen LogP contribution in [0.4, 0.5) is 0 Å². The van der Waals surface area contributed by atoms with Crippen LogP contribution in [0.1, 0.15) is 38.0 Å². The minimum Gasteiger partial charge on any atom is -0.453 e. The maximum absolute atomic E-state index is 11.8. The van der Waals surface area contributed by atoms with Crippen LogP contribution in [0.2, 0.25) is 0 Å². The summed E-state index contributed by atoms with van der Waals surface area (Å²) >= 11 is 0. The van der Waals surface area contributed by atoms with Crippen LogP contribution in [0.3, 0.4) is 0 Å². The van der Waals surface area contributed by atoms with Gasteiger partial charge in [0.1, 0.15) is 6.10 Å². The van der Waals surface area contributed by atoms with Crippen LogP contribution in [0.25, 0.3) is 6.08 Å². The Morgan fingerprint density at radius 1 is 1.25 bits per heavy atom. The molecule has 0 radical (unpaired) electrons. The second kappa shape index (κ2) is 3.78. The third-order valence-electron chi connectivity index (χ3n) is 2.60. The lowest BCUT2D eigenvalue weighted by atomic mass is 9.97. The second-order valence-electron chi connectivity index (χ2n) is 5.06. The largest absolute Gasteiger partial charge is 0.453 e. The minimum atomic E-state index is -0.453. The van der Waals surface area contributed by atoms with Gasteiger partial charge in [-0.15, -0.1) is 0 Å². The molecule has 0 aliphatic heterocycles. The SMILES string of the molecule is CC(C)(C)C(=O)O[C@H]1C=Cc2ccccc21. The van der Waals surface area contributed by atoms with Gasteiger partial charge in [-0.3, -0.25) is 4.79 Å². The Morgan fingerprint density at radius 2 is 1.94 bits per heavy atom. The zero-order valence-electron chi connectivity index (χ0n) is 9.86. The molecule has 0 heterocycles. The van der Waals surface area contributed by atoms with Gasteiger partial charge >= 0.3 is 5.97 Å². The number of ether oxygens (including phenoxy) is 1. The van der Waals surface area contributed by atoms with Crippen LogP contribution < -0.4 is 0 Å². The summed E-state index contributed by atoms with van der Waals surface area (Å²) in [6, 6.07) is 7.97. The monoisotopic (exact) mass is 216 g/mol. The molecule has 1 aliphatic carbocycles. The van der Waals surface area contributed by atoms with E-state index in [1.807, 2.05) is 57.2 Å². The van der Waals surface area contributed by atoms with Crippen LogP contribution in [-0.2, 0) is 9.53 Å². The van der Waals surface area contributed by atoms with Crippen molar-refractivity contribution in [1.82, 2.24) is 0 Å². The Balaban J connectivity index is 2.16. The van der Waals surface area contributed by atoms with E-state index >= 15 is 0 Å². The first kappa shape index (κ1) is 10.9. The van der Waals surface area contributed by atoms with Crippen molar-refractivity contribution in [1.29, 1.82) is 0 Å². The zero-order valence-corrected chi connectivity index (χ0v) is 9.86. The van der Waals surface area contributed by atoms with Crippen molar-refractivity contribution in [3.05, 3.63) is 41.5 Å². The summed E-state index contributed by atoms with van der Waals surface area (Å²) in [5.41, 5.74) is 1.75. The first-order valence-electron chi connectivity index (χ1n) is 5.47. The highest BCUT2D eigenvalue weighted by atomic mass is 16.5. The van der Waals surface area contributed by atoms with Gasteiger partial charge in [-0.05, 0) is 32.4 Å². The second-order valence-corrected chi connectivity index (χ2v) is 5.06. The number of hydrogen-bond donors (Lipinski definition) is 0. The highest BCUT2D eigenvalue weighted by Crippen LogP contribution is 2.32. The van der Waals surface area contributed by atoms with Crippen molar-refractivity contribution in [2.24, 2.45) is 5.41 Å². The molecule has 0 bridgehead atoms. The quantitative estimate of drug-likeness (QED) is 0.673. The number of hydrogen-bond acceptors (Lipinski definition) is 2. The molecule has 1 aromatic carbocycles. The molecule has 0 N–H and O–H groups in total. The highest BCUT2D eigenvalue weighted by Gasteiger charge is 2.28. The molecular weight excluding hydrogens is 200 g/mol. The molecule has 0 spiro atoms. The van der Waals surface area contributed by atoms with Crippen molar-refractivity contribution in [2.45, 2.75) is 26.9 Å². The molecule has 16 heavy (non-hydrogen) atoms. The molecule has 2 nitrogen and oxygen atoms in total. The number of fused-ring (bicyclic) bond motifs is 1. The minimum absolute atomic E-state index is 0.168. The summed E-state index contributed by atoms with van der Waals surface area (Å²) < 4.78 is 5.48. The van der Waals surface area contributed by atoms with E-state index in [2.05, 4.69) is 0 Å². The summed E-state index contributed by atoms with van der Waals surface area (Å²) in [6.45, 7) is 5.58. The smallest absolute Gasteiger partial charge is 0.312 e. The van der Waals surface area contributed by atoms with E-state index in [4.69, 9.17) is 4.74 Å². The molecule has 0 saturated carbocycles. The van der Waals surface area contributed by atoms with Crippen molar-refractivity contribution >= 4 is 12.0 Å². The summed E-state index contributed by atoms with van der Waals surface area (Å²) in [5, 5.41) is 0. The van der Waals surface area contributed by atoms with Crippen molar-refractivity contribution in [3.63, 3.8) is 0 Å². The standard InChI is InChI=1S/C14H16O2/c1-14(2,3)13(15)16-12-9-8-10-6-4-5-7-11(10)12/h4-9,12H,1-3H3/t12-/m0/s1. The zero-order chi connectivity index (χ0) is 11.8. The number of esters is 1. The lowest BCUT2D eigenvalue weighted by molar-refractivity contribution is -0.156. The van der Waals surface area contributed by atoms with Gasteiger partial charge in [-0.25, -0.2) is 0 Å².